The Labute approximate surface area is 182 Å². The zero-order valence-corrected chi connectivity index (χ0v) is 18.7. The third kappa shape index (κ3) is 4.75. The van der Waals surface area contributed by atoms with E-state index in [9.17, 15) is 0 Å². The largest absolute Gasteiger partial charge is 0.361 e. The van der Waals surface area contributed by atoms with Crippen LogP contribution in [0.2, 0.25) is 0 Å². The highest BCUT2D eigenvalue weighted by Gasteiger charge is 2.22. The number of benzene rings is 1. The predicted molar refractivity (Wildman–Crippen MR) is 126 cm³/mol. The molecule has 160 valence electrons. The molecule has 0 amide bonds. The lowest BCUT2D eigenvalue weighted by molar-refractivity contribution is 0.372. The number of fused-ring (bicyclic) bond motifs is 1. The van der Waals surface area contributed by atoms with Crippen LogP contribution in [0.25, 0.3) is 10.9 Å². The molecule has 1 aliphatic heterocycles. The SMILES string of the molecule is CCNC(=NCCCc1c[nH]c2ccccc12)N1CCN(c2nc(CC)ns2)CC1. The zero-order chi connectivity index (χ0) is 20.8. The van der Waals surface area contributed by atoms with Gasteiger partial charge in [0.25, 0.3) is 0 Å². The van der Waals surface area contributed by atoms with Crippen LogP contribution in [0.3, 0.4) is 0 Å². The molecule has 7 nitrogen and oxygen atoms in total. The fourth-order valence-corrected chi connectivity index (χ4v) is 4.65. The molecule has 1 saturated heterocycles. The van der Waals surface area contributed by atoms with E-state index in [1.54, 1.807) is 0 Å². The van der Waals surface area contributed by atoms with Crippen molar-refractivity contribution >= 4 is 33.5 Å². The van der Waals surface area contributed by atoms with Crippen LogP contribution in [0.1, 0.15) is 31.7 Å². The van der Waals surface area contributed by atoms with Gasteiger partial charge in [0.2, 0.25) is 5.13 Å². The Morgan fingerprint density at radius 3 is 2.80 bits per heavy atom. The molecule has 0 radical (unpaired) electrons. The van der Waals surface area contributed by atoms with Gasteiger partial charge in [-0.3, -0.25) is 4.99 Å². The van der Waals surface area contributed by atoms with Crippen LogP contribution in [-0.4, -0.2) is 64.5 Å². The van der Waals surface area contributed by atoms with E-state index in [0.29, 0.717) is 0 Å². The molecule has 0 atom stereocenters. The van der Waals surface area contributed by atoms with Gasteiger partial charge >= 0.3 is 0 Å². The molecule has 1 aliphatic rings. The van der Waals surface area contributed by atoms with Crippen LogP contribution in [0.4, 0.5) is 5.13 Å². The molecule has 0 aliphatic carbocycles. The number of para-hydroxylation sites is 1. The van der Waals surface area contributed by atoms with E-state index in [4.69, 9.17) is 4.99 Å². The maximum absolute atomic E-state index is 4.91. The van der Waals surface area contributed by atoms with E-state index >= 15 is 0 Å². The van der Waals surface area contributed by atoms with Gasteiger partial charge in [-0.05, 0) is 31.4 Å². The standard InChI is InChI=1S/C22H31N7S/c1-3-20-26-22(30-27-20)29-14-12-28(13-15-29)21(23-4-2)24-11-7-8-17-16-25-19-10-6-5-9-18(17)19/h5-6,9-10,16,25H,3-4,7-8,11-15H2,1-2H3,(H,23,24). The lowest BCUT2D eigenvalue weighted by Gasteiger charge is -2.36. The number of rotatable bonds is 7. The number of aromatic nitrogens is 3. The van der Waals surface area contributed by atoms with Crippen LogP contribution in [0.15, 0.2) is 35.5 Å². The highest BCUT2D eigenvalue weighted by molar-refractivity contribution is 7.09. The summed E-state index contributed by atoms with van der Waals surface area (Å²) in [4.78, 5) is 17.6. The maximum Gasteiger partial charge on any atom is 0.205 e. The van der Waals surface area contributed by atoms with Gasteiger partial charge in [0, 0.05) is 74.3 Å². The van der Waals surface area contributed by atoms with Crippen molar-refractivity contribution < 1.29 is 0 Å². The molecule has 1 aromatic carbocycles. The molecular weight excluding hydrogens is 394 g/mol. The number of piperazine rings is 1. The molecule has 8 heteroatoms. The van der Waals surface area contributed by atoms with Crippen molar-refractivity contribution in [2.75, 3.05) is 44.2 Å². The van der Waals surface area contributed by atoms with Crippen molar-refractivity contribution in [1.82, 2.24) is 24.6 Å². The van der Waals surface area contributed by atoms with Crippen LogP contribution in [-0.2, 0) is 12.8 Å². The highest BCUT2D eigenvalue weighted by atomic mass is 32.1. The maximum atomic E-state index is 4.91. The summed E-state index contributed by atoms with van der Waals surface area (Å²) in [6, 6.07) is 8.49. The summed E-state index contributed by atoms with van der Waals surface area (Å²) in [5, 5.41) is 5.84. The number of guanidine groups is 1. The number of nitrogens with one attached hydrogen (secondary N) is 2. The van der Waals surface area contributed by atoms with Gasteiger partial charge in [-0.2, -0.15) is 4.37 Å². The van der Waals surface area contributed by atoms with E-state index in [2.05, 4.69) is 73.8 Å². The average molecular weight is 426 g/mol. The molecule has 2 N–H and O–H groups in total. The summed E-state index contributed by atoms with van der Waals surface area (Å²) >= 11 is 1.51. The second-order valence-corrected chi connectivity index (χ2v) is 8.25. The number of aryl methyl sites for hydroxylation is 2. The van der Waals surface area contributed by atoms with Crippen molar-refractivity contribution in [3.8, 4) is 0 Å². The van der Waals surface area contributed by atoms with E-state index in [0.717, 1.165) is 75.4 Å². The van der Waals surface area contributed by atoms with Gasteiger partial charge in [-0.1, -0.05) is 25.1 Å². The Morgan fingerprint density at radius 1 is 1.20 bits per heavy atom. The Hall–Kier alpha value is -2.61. The van der Waals surface area contributed by atoms with Crippen LogP contribution < -0.4 is 10.2 Å². The lowest BCUT2D eigenvalue weighted by atomic mass is 10.1. The normalized spacial score (nSPS) is 15.2. The quantitative estimate of drug-likeness (QED) is 0.345. The highest BCUT2D eigenvalue weighted by Crippen LogP contribution is 2.20. The topological polar surface area (TPSA) is 72.4 Å². The molecule has 30 heavy (non-hydrogen) atoms. The predicted octanol–water partition coefficient (Wildman–Crippen LogP) is 3.30. The van der Waals surface area contributed by atoms with Crippen molar-refractivity contribution in [2.24, 2.45) is 4.99 Å². The minimum Gasteiger partial charge on any atom is -0.361 e. The summed E-state index contributed by atoms with van der Waals surface area (Å²) in [6.45, 7) is 9.77. The van der Waals surface area contributed by atoms with E-state index in [1.807, 2.05) is 0 Å². The van der Waals surface area contributed by atoms with Crippen LogP contribution >= 0.6 is 11.5 Å². The van der Waals surface area contributed by atoms with Gasteiger partial charge in [0.05, 0.1) is 0 Å². The van der Waals surface area contributed by atoms with Gasteiger partial charge in [-0.15, -0.1) is 0 Å². The number of hydrogen-bond acceptors (Lipinski definition) is 5. The van der Waals surface area contributed by atoms with Crippen molar-refractivity contribution in [2.45, 2.75) is 33.1 Å². The number of aromatic amines is 1. The Balaban J connectivity index is 1.30. The molecule has 3 aromatic rings. The second-order valence-electron chi connectivity index (χ2n) is 7.52. The zero-order valence-electron chi connectivity index (χ0n) is 17.9. The fraction of sp³-hybridized carbons (Fsp3) is 0.500. The summed E-state index contributed by atoms with van der Waals surface area (Å²) in [5.41, 5.74) is 2.59. The number of anilines is 1. The van der Waals surface area contributed by atoms with E-state index in [1.165, 1.54) is 28.0 Å². The average Bonchev–Trinajstić information content (AvgIpc) is 3.43. The molecule has 3 heterocycles. The Kier molecular flexibility index (Phi) is 6.84. The van der Waals surface area contributed by atoms with Crippen molar-refractivity contribution in [1.29, 1.82) is 0 Å². The first-order chi connectivity index (χ1) is 14.8. The molecule has 4 rings (SSSR count). The number of aliphatic imine (C=N–C) groups is 1. The van der Waals surface area contributed by atoms with Crippen molar-refractivity contribution in [3.05, 3.63) is 41.9 Å². The summed E-state index contributed by atoms with van der Waals surface area (Å²) in [7, 11) is 0. The summed E-state index contributed by atoms with van der Waals surface area (Å²) < 4.78 is 4.42. The van der Waals surface area contributed by atoms with Crippen molar-refractivity contribution in [3.63, 3.8) is 0 Å². The number of hydrogen-bond donors (Lipinski definition) is 2. The van der Waals surface area contributed by atoms with Gasteiger partial charge in [0.1, 0.15) is 5.82 Å². The first kappa shape index (κ1) is 20.7. The molecule has 1 fully saturated rings. The third-order valence-corrected chi connectivity index (χ3v) is 6.31. The monoisotopic (exact) mass is 425 g/mol. The fourth-order valence-electron chi connectivity index (χ4n) is 3.85. The first-order valence-electron chi connectivity index (χ1n) is 10.9. The third-order valence-electron chi connectivity index (χ3n) is 5.50. The van der Waals surface area contributed by atoms with Crippen LogP contribution in [0.5, 0.6) is 0 Å². The molecule has 0 spiro atoms. The van der Waals surface area contributed by atoms with E-state index in [-0.39, 0.29) is 0 Å². The molecule has 0 bridgehead atoms. The Bertz CT molecular complexity index is 969. The summed E-state index contributed by atoms with van der Waals surface area (Å²) in [5.74, 6) is 1.98. The van der Waals surface area contributed by atoms with Gasteiger partial charge < -0.3 is 20.1 Å². The molecule has 2 aromatic heterocycles. The van der Waals surface area contributed by atoms with Gasteiger partial charge in [-0.25, -0.2) is 4.98 Å². The summed E-state index contributed by atoms with van der Waals surface area (Å²) in [6.07, 6.45) is 5.11. The smallest absolute Gasteiger partial charge is 0.205 e. The minimum atomic E-state index is 0.832. The number of H-pyrrole nitrogens is 1. The van der Waals surface area contributed by atoms with Gasteiger partial charge in [0.15, 0.2) is 5.96 Å². The first-order valence-corrected chi connectivity index (χ1v) is 11.7. The molecule has 0 saturated carbocycles. The number of nitrogens with zero attached hydrogens (tertiary/aromatic N) is 5. The molecular formula is C22H31N7S. The second kappa shape index (κ2) is 9.93. The van der Waals surface area contributed by atoms with Crippen LogP contribution in [0, 0.1) is 0 Å². The molecule has 0 unspecified atom stereocenters. The lowest BCUT2D eigenvalue weighted by Crippen LogP contribution is -2.52. The minimum absolute atomic E-state index is 0.832. The van der Waals surface area contributed by atoms with E-state index < -0.39 is 0 Å². The Morgan fingerprint density at radius 2 is 2.03 bits per heavy atom.